The van der Waals surface area contributed by atoms with Crippen LogP contribution >= 0.6 is 15.9 Å². The van der Waals surface area contributed by atoms with E-state index in [9.17, 15) is 18.0 Å². The van der Waals surface area contributed by atoms with Gasteiger partial charge in [-0.05, 0) is 40.2 Å². The molecular formula is C16H10BrN3O4S. The Labute approximate surface area is 150 Å². The fraction of sp³-hybridized carbons (Fsp3) is 0.0625. The van der Waals surface area contributed by atoms with Gasteiger partial charge in [0.1, 0.15) is 10.5 Å². The normalized spacial score (nSPS) is 15.6. The van der Waals surface area contributed by atoms with Crippen LogP contribution in [0.5, 0.6) is 0 Å². The Morgan fingerprint density at radius 3 is 2.60 bits per heavy atom. The first-order valence-electron chi connectivity index (χ1n) is 7.22. The molecule has 3 aromatic rings. The van der Waals surface area contributed by atoms with Crippen molar-refractivity contribution in [3.8, 4) is 0 Å². The number of rotatable bonds is 2. The first kappa shape index (κ1) is 16.0. The standard InChI is InChI=1S/C16H10BrN3O4S/c17-10-5-6-14-18-11(7-15(21)19(14)8-10)9-20-16(22)12-3-1-2-4-13(12)25(20,23)24/h1-8H,9H2. The van der Waals surface area contributed by atoms with Crippen LogP contribution in [0.25, 0.3) is 5.65 Å². The predicted molar refractivity (Wildman–Crippen MR) is 92.7 cm³/mol. The Balaban J connectivity index is 1.79. The van der Waals surface area contributed by atoms with Crippen LogP contribution in [0.4, 0.5) is 0 Å². The number of pyridine rings is 1. The third kappa shape index (κ3) is 2.47. The summed E-state index contributed by atoms with van der Waals surface area (Å²) in [4.78, 5) is 28.9. The predicted octanol–water partition coefficient (Wildman–Crippen LogP) is 1.80. The minimum absolute atomic E-state index is 0.0264. The molecule has 1 aromatic carbocycles. The third-order valence-corrected chi connectivity index (χ3v) is 6.15. The molecule has 3 heterocycles. The zero-order chi connectivity index (χ0) is 17.8. The fourth-order valence-corrected chi connectivity index (χ4v) is 4.62. The fourth-order valence-electron chi connectivity index (χ4n) is 2.74. The summed E-state index contributed by atoms with van der Waals surface area (Å²) in [5.74, 6) is -0.617. The van der Waals surface area contributed by atoms with Crippen molar-refractivity contribution in [1.29, 1.82) is 0 Å². The molecule has 1 aliphatic heterocycles. The van der Waals surface area contributed by atoms with Gasteiger partial charge >= 0.3 is 0 Å². The minimum atomic E-state index is -3.94. The monoisotopic (exact) mass is 419 g/mol. The van der Waals surface area contributed by atoms with Gasteiger partial charge in [0.25, 0.3) is 21.5 Å². The molecule has 1 aliphatic rings. The number of hydrogen-bond acceptors (Lipinski definition) is 5. The number of hydrogen-bond donors (Lipinski definition) is 0. The van der Waals surface area contributed by atoms with Crippen molar-refractivity contribution in [3.05, 3.63) is 74.7 Å². The van der Waals surface area contributed by atoms with Crippen molar-refractivity contribution >= 4 is 37.5 Å². The minimum Gasteiger partial charge on any atom is -0.269 e. The summed E-state index contributed by atoms with van der Waals surface area (Å²) < 4.78 is 28.0. The topological polar surface area (TPSA) is 88.8 Å². The maximum atomic E-state index is 12.6. The Morgan fingerprint density at radius 2 is 1.84 bits per heavy atom. The highest BCUT2D eigenvalue weighted by Gasteiger charge is 2.41. The number of carbonyl (C=O) groups is 1. The van der Waals surface area contributed by atoms with Gasteiger partial charge in [-0.1, -0.05) is 12.1 Å². The number of carbonyl (C=O) groups excluding carboxylic acids is 1. The van der Waals surface area contributed by atoms with E-state index in [-0.39, 0.29) is 28.3 Å². The SMILES string of the molecule is O=C1c2ccccc2S(=O)(=O)N1Cc1cc(=O)n2cc(Br)ccc2n1. The second kappa shape index (κ2) is 5.50. The molecule has 0 bridgehead atoms. The highest BCUT2D eigenvalue weighted by Crippen LogP contribution is 2.30. The van der Waals surface area contributed by atoms with E-state index in [0.717, 1.165) is 4.31 Å². The molecule has 0 saturated heterocycles. The number of aromatic nitrogens is 2. The summed E-state index contributed by atoms with van der Waals surface area (Å²) in [6.45, 7) is -0.294. The Hall–Kier alpha value is -2.52. The summed E-state index contributed by atoms with van der Waals surface area (Å²) >= 11 is 3.28. The largest absolute Gasteiger partial charge is 0.269 e. The van der Waals surface area contributed by atoms with Gasteiger partial charge in [0.05, 0.1) is 17.8 Å². The van der Waals surface area contributed by atoms with Gasteiger partial charge in [-0.3, -0.25) is 14.0 Å². The van der Waals surface area contributed by atoms with Gasteiger partial charge in [-0.25, -0.2) is 17.7 Å². The van der Waals surface area contributed by atoms with E-state index in [1.165, 1.54) is 22.6 Å². The smallest absolute Gasteiger partial charge is 0.269 e. The summed E-state index contributed by atoms with van der Waals surface area (Å²) in [5, 5.41) is 0. The third-order valence-electron chi connectivity index (χ3n) is 3.89. The molecule has 1 amide bonds. The molecule has 0 N–H and O–H groups in total. The molecule has 0 fully saturated rings. The maximum absolute atomic E-state index is 12.6. The lowest BCUT2D eigenvalue weighted by Gasteiger charge is -2.14. The zero-order valence-electron chi connectivity index (χ0n) is 12.6. The van der Waals surface area contributed by atoms with Crippen LogP contribution in [-0.2, 0) is 16.6 Å². The van der Waals surface area contributed by atoms with E-state index in [2.05, 4.69) is 20.9 Å². The number of amides is 1. The molecule has 7 nitrogen and oxygen atoms in total. The first-order valence-corrected chi connectivity index (χ1v) is 9.45. The van der Waals surface area contributed by atoms with Crippen LogP contribution in [0.15, 0.2) is 62.8 Å². The number of benzene rings is 1. The van der Waals surface area contributed by atoms with Crippen molar-refractivity contribution in [1.82, 2.24) is 13.7 Å². The Bertz CT molecular complexity index is 1200. The second-order valence-corrected chi connectivity index (χ2v) is 8.22. The van der Waals surface area contributed by atoms with Gasteiger partial charge in [0, 0.05) is 16.7 Å². The van der Waals surface area contributed by atoms with E-state index in [1.54, 1.807) is 30.5 Å². The lowest BCUT2D eigenvalue weighted by atomic mass is 10.2. The van der Waals surface area contributed by atoms with Gasteiger partial charge in [-0.15, -0.1) is 0 Å². The maximum Gasteiger partial charge on any atom is 0.269 e. The summed E-state index contributed by atoms with van der Waals surface area (Å²) in [5.41, 5.74) is 0.344. The number of fused-ring (bicyclic) bond motifs is 2. The van der Waals surface area contributed by atoms with E-state index in [0.29, 0.717) is 10.1 Å². The van der Waals surface area contributed by atoms with Crippen molar-refractivity contribution in [2.45, 2.75) is 11.4 Å². The van der Waals surface area contributed by atoms with Gasteiger partial charge in [0.15, 0.2) is 0 Å². The highest BCUT2D eigenvalue weighted by atomic mass is 79.9. The van der Waals surface area contributed by atoms with Crippen LogP contribution in [-0.4, -0.2) is 28.0 Å². The number of sulfonamides is 1. The van der Waals surface area contributed by atoms with Crippen molar-refractivity contribution in [3.63, 3.8) is 0 Å². The summed E-state index contributed by atoms with van der Waals surface area (Å²) in [6, 6.07) is 10.6. The van der Waals surface area contributed by atoms with E-state index < -0.39 is 15.9 Å². The molecule has 0 unspecified atom stereocenters. The highest BCUT2D eigenvalue weighted by molar-refractivity contribution is 9.10. The molecule has 0 saturated carbocycles. The van der Waals surface area contributed by atoms with E-state index >= 15 is 0 Å². The average Bonchev–Trinajstić information content (AvgIpc) is 2.77. The molecule has 0 aliphatic carbocycles. The van der Waals surface area contributed by atoms with E-state index in [1.807, 2.05) is 0 Å². The quantitative estimate of drug-likeness (QED) is 0.631. The average molecular weight is 420 g/mol. The lowest BCUT2D eigenvalue weighted by Crippen LogP contribution is -2.30. The molecule has 9 heteroatoms. The molecule has 25 heavy (non-hydrogen) atoms. The van der Waals surface area contributed by atoms with Crippen molar-refractivity contribution in [2.75, 3.05) is 0 Å². The molecule has 0 atom stereocenters. The molecule has 126 valence electrons. The molecule has 0 radical (unpaired) electrons. The van der Waals surface area contributed by atoms with Crippen LogP contribution < -0.4 is 5.56 Å². The van der Waals surface area contributed by atoms with Crippen molar-refractivity contribution < 1.29 is 13.2 Å². The lowest BCUT2D eigenvalue weighted by molar-refractivity contribution is 0.0864. The van der Waals surface area contributed by atoms with Gasteiger partial charge in [0.2, 0.25) is 0 Å². The van der Waals surface area contributed by atoms with Gasteiger partial charge < -0.3 is 0 Å². The Kier molecular flexibility index (Phi) is 3.51. The summed E-state index contributed by atoms with van der Waals surface area (Å²) in [7, 11) is -3.94. The number of nitrogens with zero attached hydrogens (tertiary/aromatic N) is 3. The molecule has 0 spiro atoms. The Morgan fingerprint density at radius 1 is 1.08 bits per heavy atom. The molecule has 4 rings (SSSR count). The van der Waals surface area contributed by atoms with Crippen LogP contribution in [0.3, 0.4) is 0 Å². The van der Waals surface area contributed by atoms with Gasteiger partial charge in [-0.2, -0.15) is 0 Å². The zero-order valence-corrected chi connectivity index (χ0v) is 15.0. The summed E-state index contributed by atoms with van der Waals surface area (Å²) in [6.07, 6.45) is 1.57. The van der Waals surface area contributed by atoms with Crippen LogP contribution in [0.2, 0.25) is 0 Å². The van der Waals surface area contributed by atoms with Crippen LogP contribution in [0, 0.1) is 0 Å². The van der Waals surface area contributed by atoms with E-state index in [4.69, 9.17) is 0 Å². The first-order chi connectivity index (χ1) is 11.9. The number of halogens is 1. The van der Waals surface area contributed by atoms with Crippen molar-refractivity contribution in [2.24, 2.45) is 0 Å². The molecular weight excluding hydrogens is 410 g/mol. The molecule has 2 aromatic heterocycles. The second-order valence-electron chi connectivity index (χ2n) is 5.47. The van der Waals surface area contributed by atoms with Crippen LogP contribution in [0.1, 0.15) is 16.1 Å².